The van der Waals surface area contributed by atoms with E-state index in [1.54, 1.807) is 0 Å². The Bertz CT molecular complexity index is 412. The summed E-state index contributed by atoms with van der Waals surface area (Å²) >= 11 is 0. The van der Waals surface area contributed by atoms with Crippen LogP contribution in [0.4, 0.5) is 0 Å². The van der Waals surface area contributed by atoms with Gasteiger partial charge in [-0.1, -0.05) is 12.5 Å². The van der Waals surface area contributed by atoms with Crippen LogP contribution in [0.15, 0.2) is 18.3 Å². The van der Waals surface area contributed by atoms with Gasteiger partial charge in [0.05, 0.1) is 11.7 Å². The topological polar surface area (TPSA) is 28.2 Å². The van der Waals surface area contributed by atoms with Gasteiger partial charge in [0.1, 0.15) is 0 Å². The van der Waals surface area contributed by atoms with E-state index in [0.29, 0.717) is 12.1 Å². The minimum absolute atomic E-state index is 0.475. The van der Waals surface area contributed by atoms with Crippen LogP contribution in [0.5, 0.6) is 0 Å². The van der Waals surface area contributed by atoms with E-state index in [4.69, 9.17) is 0 Å². The minimum Gasteiger partial charge on any atom is -0.307 e. The van der Waals surface area contributed by atoms with Crippen molar-refractivity contribution >= 4 is 0 Å². The van der Waals surface area contributed by atoms with Gasteiger partial charge in [-0.25, -0.2) is 0 Å². The molecule has 1 aromatic rings. The summed E-state index contributed by atoms with van der Waals surface area (Å²) in [6.07, 6.45) is 8.47. The third-order valence-corrected chi connectivity index (χ3v) is 4.63. The monoisotopic (exact) mass is 259 g/mol. The largest absolute Gasteiger partial charge is 0.307 e. The molecule has 2 atom stereocenters. The standard InChI is InChI=1S/C16H25N3/c1-13(19-10-3-2-4-11-19)12-18-15-8-7-14-6-5-9-17-16(14)15/h5-6,9,13,15,18H,2-4,7-8,10-12H2,1H3. The first kappa shape index (κ1) is 13.1. The van der Waals surface area contributed by atoms with Crippen LogP contribution < -0.4 is 5.32 Å². The highest BCUT2D eigenvalue weighted by Crippen LogP contribution is 2.28. The molecule has 0 bridgehead atoms. The van der Waals surface area contributed by atoms with E-state index in [-0.39, 0.29) is 0 Å². The van der Waals surface area contributed by atoms with Crippen LogP contribution in [0, 0.1) is 0 Å². The predicted octanol–water partition coefficient (Wildman–Crippen LogP) is 2.53. The van der Waals surface area contributed by atoms with Gasteiger partial charge in [-0.2, -0.15) is 0 Å². The van der Waals surface area contributed by atoms with Gasteiger partial charge in [0, 0.05) is 18.8 Å². The Morgan fingerprint density at radius 1 is 1.37 bits per heavy atom. The Morgan fingerprint density at radius 2 is 2.21 bits per heavy atom. The van der Waals surface area contributed by atoms with Crippen molar-refractivity contribution in [3.8, 4) is 0 Å². The molecule has 1 fully saturated rings. The summed E-state index contributed by atoms with van der Waals surface area (Å²) in [6, 6.07) is 5.40. The molecule has 2 unspecified atom stereocenters. The smallest absolute Gasteiger partial charge is 0.0605 e. The second-order valence-corrected chi connectivity index (χ2v) is 5.99. The molecule has 2 heterocycles. The van der Waals surface area contributed by atoms with Gasteiger partial charge in [-0.05, 0) is 57.3 Å². The molecular formula is C16H25N3. The highest BCUT2D eigenvalue weighted by Gasteiger charge is 2.24. The summed E-state index contributed by atoms with van der Waals surface area (Å²) in [5.41, 5.74) is 2.72. The van der Waals surface area contributed by atoms with Gasteiger partial charge < -0.3 is 5.32 Å². The molecule has 1 N–H and O–H groups in total. The number of nitrogens with zero attached hydrogens (tertiary/aromatic N) is 2. The molecule has 3 nitrogen and oxygen atoms in total. The van der Waals surface area contributed by atoms with E-state index in [1.165, 1.54) is 56.5 Å². The van der Waals surface area contributed by atoms with Gasteiger partial charge in [-0.3, -0.25) is 9.88 Å². The molecule has 3 rings (SSSR count). The Morgan fingerprint density at radius 3 is 3.05 bits per heavy atom. The molecule has 19 heavy (non-hydrogen) atoms. The van der Waals surface area contributed by atoms with Crippen LogP contribution >= 0.6 is 0 Å². The number of hydrogen-bond donors (Lipinski definition) is 1. The molecule has 1 aliphatic carbocycles. The Hall–Kier alpha value is -0.930. The molecule has 0 saturated carbocycles. The van der Waals surface area contributed by atoms with E-state index in [2.05, 4.69) is 34.3 Å². The highest BCUT2D eigenvalue weighted by molar-refractivity contribution is 5.27. The number of hydrogen-bond acceptors (Lipinski definition) is 3. The molecule has 2 aliphatic rings. The fourth-order valence-corrected chi connectivity index (χ4v) is 3.41. The number of likely N-dealkylation sites (tertiary alicyclic amines) is 1. The van der Waals surface area contributed by atoms with Gasteiger partial charge >= 0.3 is 0 Å². The predicted molar refractivity (Wildman–Crippen MR) is 78.2 cm³/mol. The fraction of sp³-hybridized carbons (Fsp3) is 0.688. The van der Waals surface area contributed by atoms with E-state index in [0.717, 1.165) is 6.54 Å². The minimum atomic E-state index is 0.475. The lowest BCUT2D eigenvalue weighted by molar-refractivity contribution is 0.168. The van der Waals surface area contributed by atoms with E-state index in [1.807, 2.05) is 6.20 Å². The molecular weight excluding hydrogens is 234 g/mol. The van der Waals surface area contributed by atoms with Crippen molar-refractivity contribution in [1.29, 1.82) is 0 Å². The first-order chi connectivity index (χ1) is 9.34. The summed E-state index contributed by atoms with van der Waals surface area (Å²) in [5.74, 6) is 0. The third kappa shape index (κ3) is 2.98. The Kier molecular flexibility index (Phi) is 4.14. The van der Waals surface area contributed by atoms with E-state index >= 15 is 0 Å². The number of nitrogens with one attached hydrogen (secondary N) is 1. The van der Waals surface area contributed by atoms with Crippen molar-refractivity contribution in [3.63, 3.8) is 0 Å². The summed E-state index contributed by atoms with van der Waals surface area (Å²) in [5, 5.41) is 3.73. The number of fused-ring (bicyclic) bond motifs is 1. The van der Waals surface area contributed by atoms with Gasteiger partial charge in [-0.15, -0.1) is 0 Å². The van der Waals surface area contributed by atoms with Crippen molar-refractivity contribution in [2.75, 3.05) is 19.6 Å². The second-order valence-electron chi connectivity index (χ2n) is 5.99. The maximum absolute atomic E-state index is 4.56. The zero-order chi connectivity index (χ0) is 13.1. The second kappa shape index (κ2) is 6.02. The fourth-order valence-electron chi connectivity index (χ4n) is 3.41. The van der Waals surface area contributed by atoms with Crippen LogP contribution in [0.3, 0.4) is 0 Å². The normalized spacial score (nSPS) is 25.2. The lowest BCUT2D eigenvalue weighted by Crippen LogP contribution is -2.43. The van der Waals surface area contributed by atoms with Crippen molar-refractivity contribution < 1.29 is 0 Å². The van der Waals surface area contributed by atoms with Crippen molar-refractivity contribution in [2.24, 2.45) is 0 Å². The maximum atomic E-state index is 4.56. The molecule has 104 valence electrons. The lowest BCUT2D eigenvalue weighted by Gasteiger charge is -2.33. The van der Waals surface area contributed by atoms with Crippen molar-refractivity contribution in [2.45, 2.75) is 51.1 Å². The molecule has 0 spiro atoms. The van der Waals surface area contributed by atoms with Gasteiger partial charge in [0.15, 0.2) is 0 Å². The Labute approximate surface area is 116 Å². The van der Waals surface area contributed by atoms with Crippen molar-refractivity contribution in [1.82, 2.24) is 15.2 Å². The summed E-state index contributed by atoms with van der Waals surface area (Å²) in [4.78, 5) is 7.18. The number of pyridine rings is 1. The number of piperidine rings is 1. The average Bonchev–Trinajstić information content (AvgIpc) is 2.89. The molecule has 1 saturated heterocycles. The zero-order valence-electron chi connectivity index (χ0n) is 11.9. The summed E-state index contributed by atoms with van der Waals surface area (Å²) in [6.45, 7) is 6.00. The first-order valence-electron chi connectivity index (χ1n) is 7.76. The van der Waals surface area contributed by atoms with E-state index < -0.39 is 0 Å². The molecule has 3 heteroatoms. The van der Waals surface area contributed by atoms with Gasteiger partial charge in [0.2, 0.25) is 0 Å². The average molecular weight is 259 g/mol. The van der Waals surface area contributed by atoms with Crippen LogP contribution in [-0.4, -0.2) is 35.6 Å². The number of rotatable bonds is 4. The summed E-state index contributed by atoms with van der Waals surface area (Å²) in [7, 11) is 0. The summed E-state index contributed by atoms with van der Waals surface area (Å²) < 4.78 is 0. The van der Waals surface area contributed by atoms with E-state index in [9.17, 15) is 0 Å². The molecule has 1 aromatic heterocycles. The van der Waals surface area contributed by atoms with Crippen LogP contribution in [0.25, 0.3) is 0 Å². The number of aromatic nitrogens is 1. The first-order valence-corrected chi connectivity index (χ1v) is 7.76. The van der Waals surface area contributed by atoms with Crippen LogP contribution in [0.1, 0.15) is 49.9 Å². The van der Waals surface area contributed by atoms with Gasteiger partial charge in [0.25, 0.3) is 0 Å². The SMILES string of the molecule is CC(CNC1CCc2cccnc21)N1CCCCC1. The molecule has 0 amide bonds. The quantitative estimate of drug-likeness (QED) is 0.900. The maximum Gasteiger partial charge on any atom is 0.0605 e. The van der Waals surface area contributed by atoms with Crippen molar-refractivity contribution in [3.05, 3.63) is 29.6 Å². The Balaban J connectivity index is 1.52. The highest BCUT2D eigenvalue weighted by atomic mass is 15.2. The molecule has 0 radical (unpaired) electrons. The molecule has 1 aliphatic heterocycles. The number of aryl methyl sites for hydroxylation is 1. The van der Waals surface area contributed by atoms with Crippen LogP contribution in [-0.2, 0) is 6.42 Å². The molecule has 0 aromatic carbocycles. The third-order valence-electron chi connectivity index (χ3n) is 4.63. The van der Waals surface area contributed by atoms with Crippen LogP contribution in [0.2, 0.25) is 0 Å². The lowest BCUT2D eigenvalue weighted by atomic mass is 10.1. The zero-order valence-corrected chi connectivity index (χ0v) is 11.9.